The van der Waals surface area contributed by atoms with E-state index >= 15 is 0 Å². The molecule has 3 rings (SSSR count). The van der Waals surface area contributed by atoms with Gasteiger partial charge < -0.3 is 10.6 Å². The van der Waals surface area contributed by atoms with E-state index in [1.807, 2.05) is 44.2 Å². The Kier molecular flexibility index (Phi) is 6.37. The number of aryl methyl sites for hydroxylation is 2. The molecule has 0 aliphatic carbocycles. The Morgan fingerprint density at radius 3 is 2.44 bits per heavy atom. The maximum Gasteiger partial charge on any atom is 0.245 e. The molecule has 0 saturated heterocycles. The summed E-state index contributed by atoms with van der Waals surface area (Å²) in [7, 11) is 0. The number of hydrogen-bond acceptors (Lipinski definition) is 4. The van der Waals surface area contributed by atoms with Crippen LogP contribution < -0.4 is 10.6 Å². The number of rotatable bonds is 6. The molecule has 140 valence electrons. The molecule has 0 fully saturated rings. The maximum atomic E-state index is 12.2. The third-order valence-electron chi connectivity index (χ3n) is 4.01. The second-order valence-corrected chi connectivity index (χ2v) is 8.24. The van der Waals surface area contributed by atoms with Gasteiger partial charge in [-0.2, -0.15) is 0 Å². The molecule has 0 spiro atoms. The molecular weight excluding hydrogens is 401 g/mol. The van der Waals surface area contributed by atoms with Gasteiger partial charge in [0.15, 0.2) is 5.13 Å². The van der Waals surface area contributed by atoms with Crippen molar-refractivity contribution in [2.75, 3.05) is 17.2 Å². The molecule has 2 N–H and O–H groups in total. The number of amides is 1. The van der Waals surface area contributed by atoms with Crippen molar-refractivity contribution in [1.29, 1.82) is 0 Å². The van der Waals surface area contributed by atoms with Gasteiger partial charge in [-0.15, -0.1) is 11.3 Å². The fraction of sp³-hybridized carbons (Fsp3) is 0.200. The number of aromatic nitrogens is 1. The van der Waals surface area contributed by atoms with Gasteiger partial charge in [0.25, 0.3) is 0 Å². The molecule has 0 atom stereocenters. The molecule has 1 aromatic heterocycles. The second kappa shape index (κ2) is 8.74. The number of nitrogens with one attached hydrogen (secondary N) is 2. The van der Waals surface area contributed by atoms with Gasteiger partial charge in [-0.05, 0) is 48.7 Å². The molecule has 7 heteroatoms. The lowest BCUT2D eigenvalue weighted by atomic mass is 10.1. The van der Waals surface area contributed by atoms with Crippen LogP contribution in [0.4, 0.5) is 10.8 Å². The molecule has 2 aromatic carbocycles. The largest absolute Gasteiger partial charge is 0.376 e. The van der Waals surface area contributed by atoms with Crippen molar-refractivity contribution >= 4 is 51.3 Å². The van der Waals surface area contributed by atoms with Crippen molar-refractivity contribution in [3.05, 3.63) is 74.2 Å². The molecule has 0 bridgehead atoms. The van der Waals surface area contributed by atoms with E-state index in [1.54, 1.807) is 12.3 Å². The fourth-order valence-electron chi connectivity index (χ4n) is 2.79. The number of para-hydroxylation sites is 1. The highest BCUT2D eigenvalue weighted by atomic mass is 35.5. The number of hydrogen-bond donors (Lipinski definition) is 2. The van der Waals surface area contributed by atoms with Crippen LogP contribution in [0.3, 0.4) is 0 Å². The minimum atomic E-state index is -0.135. The number of nitrogens with zero attached hydrogens (tertiary/aromatic N) is 1. The zero-order valence-electron chi connectivity index (χ0n) is 15.0. The molecule has 0 unspecified atom stereocenters. The van der Waals surface area contributed by atoms with Crippen LogP contribution in [-0.4, -0.2) is 17.4 Å². The highest BCUT2D eigenvalue weighted by Crippen LogP contribution is 2.25. The first-order valence-electron chi connectivity index (χ1n) is 8.40. The van der Waals surface area contributed by atoms with E-state index in [0.717, 1.165) is 27.3 Å². The summed E-state index contributed by atoms with van der Waals surface area (Å²) in [6, 6.07) is 11.5. The van der Waals surface area contributed by atoms with E-state index in [0.29, 0.717) is 21.6 Å². The lowest BCUT2D eigenvalue weighted by Gasteiger charge is -2.11. The maximum absolute atomic E-state index is 12.2. The summed E-state index contributed by atoms with van der Waals surface area (Å²) in [4.78, 5) is 17.5. The monoisotopic (exact) mass is 419 g/mol. The third kappa shape index (κ3) is 5.45. The summed E-state index contributed by atoms with van der Waals surface area (Å²) in [6.45, 7) is 4.22. The van der Waals surface area contributed by atoms with Crippen LogP contribution in [0.1, 0.15) is 21.6 Å². The molecule has 3 aromatic rings. The van der Waals surface area contributed by atoms with Crippen molar-refractivity contribution in [1.82, 2.24) is 4.98 Å². The summed E-state index contributed by atoms with van der Waals surface area (Å²) in [5.74, 6) is -0.135. The van der Waals surface area contributed by atoms with Crippen LogP contribution in [0, 0.1) is 13.8 Å². The number of carbonyl (C=O) groups excluding carboxylic acids is 1. The minimum Gasteiger partial charge on any atom is -0.376 e. The Morgan fingerprint density at radius 2 is 1.78 bits per heavy atom. The zero-order valence-corrected chi connectivity index (χ0v) is 17.3. The number of anilines is 2. The van der Waals surface area contributed by atoms with E-state index in [-0.39, 0.29) is 12.5 Å². The lowest BCUT2D eigenvalue weighted by Crippen LogP contribution is -2.22. The summed E-state index contributed by atoms with van der Waals surface area (Å²) in [5.41, 5.74) is 4.22. The van der Waals surface area contributed by atoms with Gasteiger partial charge in [0.2, 0.25) is 5.91 Å². The summed E-state index contributed by atoms with van der Waals surface area (Å²) in [6.07, 6.45) is 2.42. The Labute approximate surface area is 172 Å². The number of benzene rings is 2. The average Bonchev–Trinajstić information content (AvgIpc) is 3.00. The molecule has 0 radical (unpaired) electrons. The summed E-state index contributed by atoms with van der Waals surface area (Å²) < 4.78 is 0. The predicted molar refractivity (Wildman–Crippen MR) is 114 cm³/mol. The van der Waals surface area contributed by atoms with Crippen molar-refractivity contribution in [2.24, 2.45) is 0 Å². The Bertz CT molecular complexity index is 931. The fourth-order valence-corrected chi connectivity index (χ4v) is 4.22. The molecule has 0 aliphatic rings. The molecule has 4 nitrogen and oxygen atoms in total. The number of carbonyl (C=O) groups is 1. The Balaban J connectivity index is 1.58. The third-order valence-corrected chi connectivity index (χ3v) is 5.36. The Morgan fingerprint density at radius 1 is 1.11 bits per heavy atom. The molecular formula is C20H19Cl2N3OS. The highest BCUT2D eigenvalue weighted by Gasteiger charge is 2.09. The normalized spacial score (nSPS) is 10.7. The SMILES string of the molecule is Cc1cccc(C)c1NCC(=O)Nc1ncc(Cc2cc(Cl)cc(Cl)c2)s1. The molecule has 0 aliphatic heterocycles. The van der Waals surface area contributed by atoms with Crippen molar-refractivity contribution in [3.63, 3.8) is 0 Å². The lowest BCUT2D eigenvalue weighted by molar-refractivity contribution is -0.114. The van der Waals surface area contributed by atoms with Crippen LogP contribution in [0.25, 0.3) is 0 Å². The van der Waals surface area contributed by atoms with Crippen LogP contribution in [-0.2, 0) is 11.2 Å². The van der Waals surface area contributed by atoms with Gasteiger partial charge >= 0.3 is 0 Å². The van der Waals surface area contributed by atoms with Gasteiger partial charge in [0.05, 0.1) is 6.54 Å². The van der Waals surface area contributed by atoms with Crippen LogP contribution in [0.2, 0.25) is 10.0 Å². The van der Waals surface area contributed by atoms with Crippen molar-refractivity contribution < 1.29 is 4.79 Å². The zero-order chi connectivity index (χ0) is 19.4. The number of halogens is 2. The van der Waals surface area contributed by atoms with E-state index in [1.165, 1.54) is 11.3 Å². The van der Waals surface area contributed by atoms with Crippen molar-refractivity contribution in [3.8, 4) is 0 Å². The first kappa shape index (κ1) is 19.7. The van der Waals surface area contributed by atoms with Crippen LogP contribution in [0.5, 0.6) is 0 Å². The van der Waals surface area contributed by atoms with Crippen LogP contribution in [0.15, 0.2) is 42.6 Å². The predicted octanol–water partition coefficient (Wildman–Crippen LogP) is 5.71. The first-order chi connectivity index (χ1) is 12.9. The smallest absolute Gasteiger partial charge is 0.245 e. The molecule has 1 amide bonds. The van der Waals surface area contributed by atoms with E-state index in [2.05, 4.69) is 15.6 Å². The van der Waals surface area contributed by atoms with Gasteiger partial charge in [0, 0.05) is 33.2 Å². The summed E-state index contributed by atoms with van der Waals surface area (Å²) >= 11 is 13.5. The second-order valence-electron chi connectivity index (χ2n) is 6.25. The molecule has 0 saturated carbocycles. The molecule has 1 heterocycles. The first-order valence-corrected chi connectivity index (χ1v) is 9.97. The van der Waals surface area contributed by atoms with Crippen LogP contribution >= 0.6 is 34.5 Å². The Hall–Kier alpha value is -2.08. The molecule has 27 heavy (non-hydrogen) atoms. The minimum absolute atomic E-state index is 0.135. The number of thiazole rings is 1. The van der Waals surface area contributed by atoms with E-state index in [4.69, 9.17) is 23.2 Å². The quantitative estimate of drug-likeness (QED) is 0.537. The van der Waals surface area contributed by atoms with Gasteiger partial charge in [-0.1, -0.05) is 41.4 Å². The van der Waals surface area contributed by atoms with E-state index < -0.39 is 0 Å². The standard InChI is InChI=1S/C20H19Cl2N3OS/c1-12-4-3-5-13(2)19(12)23-11-18(26)25-20-24-10-17(27-20)8-14-6-15(21)9-16(22)7-14/h3-7,9-10,23H,8,11H2,1-2H3,(H,24,25,26). The van der Waals surface area contributed by atoms with Gasteiger partial charge in [-0.3, -0.25) is 4.79 Å². The highest BCUT2D eigenvalue weighted by molar-refractivity contribution is 7.15. The summed E-state index contributed by atoms with van der Waals surface area (Å²) in [5, 5.41) is 7.81. The van der Waals surface area contributed by atoms with Gasteiger partial charge in [0.1, 0.15) is 0 Å². The van der Waals surface area contributed by atoms with Crippen molar-refractivity contribution in [2.45, 2.75) is 20.3 Å². The van der Waals surface area contributed by atoms with Gasteiger partial charge in [-0.25, -0.2) is 4.98 Å². The average molecular weight is 420 g/mol. The topological polar surface area (TPSA) is 54.0 Å². The van der Waals surface area contributed by atoms with E-state index in [9.17, 15) is 4.79 Å².